The highest BCUT2D eigenvalue weighted by Crippen LogP contribution is 2.25. The molecule has 0 atom stereocenters. The van der Waals surface area contributed by atoms with Crippen molar-refractivity contribution < 1.29 is 17.6 Å². The van der Waals surface area contributed by atoms with Crippen LogP contribution < -0.4 is 15.7 Å². The van der Waals surface area contributed by atoms with Crippen LogP contribution in [0.2, 0.25) is 0 Å². The first-order chi connectivity index (χ1) is 13.5. The molecule has 0 bridgehead atoms. The number of carbonyl (C=O) groups excluding carboxylic acids is 1. The molecule has 29 heavy (non-hydrogen) atoms. The van der Waals surface area contributed by atoms with Crippen LogP contribution in [0.3, 0.4) is 0 Å². The van der Waals surface area contributed by atoms with Crippen LogP contribution in [-0.4, -0.2) is 19.1 Å². The van der Waals surface area contributed by atoms with Crippen LogP contribution in [0, 0.1) is 6.92 Å². The van der Waals surface area contributed by atoms with E-state index in [1.807, 2.05) is 6.92 Å². The number of anilines is 2. The largest absolute Gasteiger partial charge is 0.423 e. The number of hydrogen-bond donors (Lipinski definition) is 2. The Labute approximate surface area is 168 Å². The van der Waals surface area contributed by atoms with Crippen molar-refractivity contribution in [2.45, 2.75) is 32.4 Å². The van der Waals surface area contributed by atoms with Gasteiger partial charge >= 0.3 is 5.63 Å². The molecule has 8 heteroatoms. The lowest BCUT2D eigenvalue weighted by molar-refractivity contribution is 0.102. The summed E-state index contributed by atoms with van der Waals surface area (Å²) < 4.78 is 31.2. The quantitative estimate of drug-likeness (QED) is 0.630. The molecule has 0 radical (unpaired) electrons. The standard InChI is InChI=1S/C21H22N2O5S/c1-13-16-9-12-19(24)28-18(16)11-10-17(13)22-20(25)14-5-7-15(8-6-14)23-29(26,27)21(2,3)4/h5-12,23H,1-4H3,(H,22,25). The number of rotatable bonds is 4. The fourth-order valence-corrected chi connectivity index (χ4v) is 3.37. The van der Waals surface area contributed by atoms with E-state index in [2.05, 4.69) is 10.0 Å². The van der Waals surface area contributed by atoms with Gasteiger partial charge in [-0.05, 0) is 75.7 Å². The smallest absolute Gasteiger partial charge is 0.336 e. The van der Waals surface area contributed by atoms with E-state index in [0.29, 0.717) is 22.5 Å². The Kier molecular flexibility index (Phi) is 5.23. The molecular weight excluding hydrogens is 392 g/mol. The van der Waals surface area contributed by atoms with Crippen LogP contribution in [0.25, 0.3) is 11.0 Å². The number of amides is 1. The van der Waals surface area contributed by atoms with Gasteiger partial charge < -0.3 is 9.73 Å². The highest BCUT2D eigenvalue weighted by atomic mass is 32.2. The zero-order valence-corrected chi connectivity index (χ0v) is 17.4. The summed E-state index contributed by atoms with van der Waals surface area (Å²) in [5.74, 6) is -0.338. The Morgan fingerprint density at radius 3 is 2.24 bits per heavy atom. The molecule has 0 unspecified atom stereocenters. The minimum Gasteiger partial charge on any atom is -0.423 e. The van der Waals surface area contributed by atoms with Crippen LogP contribution in [-0.2, 0) is 10.0 Å². The van der Waals surface area contributed by atoms with Gasteiger partial charge in [0.05, 0.1) is 4.75 Å². The molecule has 152 valence electrons. The molecule has 1 amide bonds. The van der Waals surface area contributed by atoms with E-state index in [1.54, 1.807) is 63.2 Å². The van der Waals surface area contributed by atoms with Gasteiger partial charge in [-0.25, -0.2) is 13.2 Å². The predicted octanol–water partition coefficient (Wildman–Crippen LogP) is 3.89. The number of benzene rings is 2. The van der Waals surface area contributed by atoms with Crippen LogP contribution in [0.15, 0.2) is 57.7 Å². The number of hydrogen-bond acceptors (Lipinski definition) is 5. The molecule has 2 N–H and O–H groups in total. The van der Waals surface area contributed by atoms with Crippen molar-refractivity contribution in [1.82, 2.24) is 0 Å². The zero-order valence-electron chi connectivity index (χ0n) is 16.6. The Morgan fingerprint density at radius 2 is 1.62 bits per heavy atom. The molecular formula is C21H22N2O5S. The van der Waals surface area contributed by atoms with E-state index < -0.39 is 20.4 Å². The SMILES string of the molecule is Cc1c(NC(=O)c2ccc(NS(=O)(=O)C(C)(C)C)cc2)ccc2oc(=O)ccc12. The zero-order chi connectivity index (χ0) is 21.4. The third kappa shape index (κ3) is 4.32. The maximum atomic E-state index is 12.6. The summed E-state index contributed by atoms with van der Waals surface area (Å²) in [6.45, 7) is 6.64. The molecule has 0 saturated carbocycles. The van der Waals surface area contributed by atoms with E-state index in [1.165, 1.54) is 6.07 Å². The Balaban J connectivity index is 1.80. The van der Waals surface area contributed by atoms with Crippen LogP contribution >= 0.6 is 0 Å². The van der Waals surface area contributed by atoms with Gasteiger partial charge in [0.25, 0.3) is 5.91 Å². The third-order valence-corrected chi connectivity index (χ3v) is 6.64. The van der Waals surface area contributed by atoms with Crippen molar-refractivity contribution in [3.05, 3.63) is 70.1 Å². The molecule has 7 nitrogen and oxygen atoms in total. The summed E-state index contributed by atoms with van der Waals surface area (Å²) >= 11 is 0. The second-order valence-electron chi connectivity index (χ2n) is 7.65. The van der Waals surface area contributed by atoms with E-state index in [0.717, 1.165) is 10.9 Å². The number of nitrogens with one attached hydrogen (secondary N) is 2. The highest BCUT2D eigenvalue weighted by molar-refractivity contribution is 7.94. The number of sulfonamides is 1. The third-order valence-electron chi connectivity index (χ3n) is 4.53. The average Bonchev–Trinajstić information content (AvgIpc) is 2.63. The van der Waals surface area contributed by atoms with Gasteiger partial charge in [0.15, 0.2) is 0 Å². The van der Waals surface area contributed by atoms with Gasteiger partial charge in [-0.15, -0.1) is 0 Å². The first kappa shape index (κ1) is 20.6. The Morgan fingerprint density at radius 1 is 0.966 bits per heavy atom. The monoisotopic (exact) mass is 414 g/mol. The summed E-state index contributed by atoms with van der Waals surface area (Å²) in [4.78, 5) is 23.9. The molecule has 1 heterocycles. The molecule has 0 aliphatic rings. The van der Waals surface area contributed by atoms with Gasteiger partial charge in [0.2, 0.25) is 10.0 Å². The van der Waals surface area contributed by atoms with Crippen molar-refractivity contribution >= 4 is 38.3 Å². The Bertz CT molecular complexity index is 1240. The van der Waals surface area contributed by atoms with Crippen LogP contribution in [0.5, 0.6) is 0 Å². The average molecular weight is 414 g/mol. The minimum absolute atomic E-state index is 0.338. The second kappa shape index (κ2) is 7.36. The summed E-state index contributed by atoms with van der Waals surface area (Å²) in [6.07, 6.45) is 0. The van der Waals surface area contributed by atoms with Crippen molar-refractivity contribution in [2.24, 2.45) is 0 Å². The number of aryl methyl sites for hydroxylation is 1. The van der Waals surface area contributed by atoms with E-state index in [-0.39, 0.29) is 5.91 Å². The molecule has 3 aromatic rings. The van der Waals surface area contributed by atoms with Crippen molar-refractivity contribution in [2.75, 3.05) is 10.0 Å². The Hall–Kier alpha value is -3.13. The number of fused-ring (bicyclic) bond motifs is 1. The lowest BCUT2D eigenvalue weighted by Gasteiger charge is -2.20. The van der Waals surface area contributed by atoms with E-state index >= 15 is 0 Å². The minimum atomic E-state index is -3.54. The van der Waals surface area contributed by atoms with Gasteiger partial charge in [-0.2, -0.15) is 0 Å². The van der Waals surface area contributed by atoms with Gasteiger partial charge in [-0.1, -0.05) is 0 Å². The maximum Gasteiger partial charge on any atom is 0.336 e. The first-order valence-electron chi connectivity index (χ1n) is 8.95. The summed E-state index contributed by atoms with van der Waals surface area (Å²) in [7, 11) is -3.54. The lowest BCUT2D eigenvalue weighted by atomic mass is 10.1. The fourth-order valence-electron chi connectivity index (χ4n) is 2.62. The highest BCUT2D eigenvalue weighted by Gasteiger charge is 2.28. The summed E-state index contributed by atoms with van der Waals surface area (Å²) in [6, 6.07) is 12.5. The molecule has 2 aromatic carbocycles. The molecule has 0 aliphatic heterocycles. The molecule has 0 saturated heterocycles. The summed E-state index contributed by atoms with van der Waals surface area (Å²) in [5.41, 5.74) is 2.14. The number of carbonyl (C=O) groups is 1. The van der Waals surface area contributed by atoms with Crippen molar-refractivity contribution in [1.29, 1.82) is 0 Å². The normalized spacial score (nSPS) is 12.0. The predicted molar refractivity (Wildman–Crippen MR) is 114 cm³/mol. The summed E-state index contributed by atoms with van der Waals surface area (Å²) in [5, 5.41) is 3.56. The van der Waals surface area contributed by atoms with Gasteiger partial charge in [0.1, 0.15) is 5.58 Å². The molecule has 0 fully saturated rings. The van der Waals surface area contributed by atoms with Gasteiger partial charge in [-0.3, -0.25) is 9.52 Å². The van der Waals surface area contributed by atoms with Crippen LogP contribution in [0.4, 0.5) is 11.4 Å². The maximum absolute atomic E-state index is 12.6. The van der Waals surface area contributed by atoms with Crippen LogP contribution in [0.1, 0.15) is 36.7 Å². The molecule has 1 aromatic heterocycles. The first-order valence-corrected chi connectivity index (χ1v) is 10.4. The van der Waals surface area contributed by atoms with E-state index in [4.69, 9.17) is 4.42 Å². The fraction of sp³-hybridized carbons (Fsp3) is 0.238. The molecule has 0 spiro atoms. The van der Waals surface area contributed by atoms with Gasteiger partial charge in [0, 0.05) is 28.4 Å². The van der Waals surface area contributed by atoms with Crippen molar-refractivity contribution in [3.63, 3.8) is 0 Å². The second-order valence-corrected chi connectivity index (χ2v) is 10.1. The molecule has 0 aliphatic carbocycles. The topological polar surface area (TPSA) is 105 Å². The lowest BCUT2D eigenvalue weighted by Crippen LogP contribution is -2.33. The van der Waals surface area contributed by atoms with Crippen molar-refractivity contribution in [3.8, 4) is 0 Å². The van der Waals surface area contributed by atoms with E-state index in [9.17, 15) is 18.0 Å². The molecule has 3 rings (SSSR count).